The van der Waals surface area contributed by atoms with Gasteiger partial charge in [-0.15, -0.1) is 0 Å². The van der Waals surface area contributed by atoms with E-state index in [4.69, 9.17) is 10.00 Å². The van der Waals surface area contributed by atoms with E-state index in [0.717, 1.165) is 5.56 Å². The molecular weight excluding hydrogens is 192 g/mol. The molecule has 0 N–H and O–H groups in total. The third-order valence-electron chi connectivity index (χ3n) is 1.86. The van der Waals surface area contributed by atoms with Gasteiger partial charge in [-0.1, -0.05) is 6.07 Å². The molecule has 78 valence electrons. The Morgan fingerprint density at radius 2 is 2.40 bits per heavy atom. The summed E-state index contributed by atoms with van der Waals surface area (Å²) in [5.74, 6) is -0.207. The number of aromatic nitrogens is 1. The summed E-state index contributed by atoms with van der Waals surface area (Å²) in [6.45, 7) is 2.19. The maximum atomic E-state index is 11.0. The molecule has 0 saturated heterocycles. The lowest BCUT2D eigenvalue weighted by Gasteiger charge is -2.01. The number of hydrogen-bond acceptors (Lipinski definition) is 4. The molecule has 0 aliphatic rings. The third-order valence-corrected chi connectivity index (χ3v) is 1.86. The van der Waals surface area contributed by atoms with Crippen molar-refractivity contribution in [1.82, 2.24) is 4.98 Å². The maximum Gasteiger partial charge on any atom is 0.306 e. The average Bonchev–Trinajstić information content (AvgIpc) is 2.27. The molecule has 0 radical (unpaired) electrons. The molecule has 1 aromatic heterocycles. The summed E-state index contributed by atoms with van der Waals surface area (Å²) in [5.41, 5.74) is 1.32. The highest BCUT2D eigenvalue weighted by atomic mass is 16.5. The van der Waals surface area contributed by atoms with E-state index in [1.54, 1.807) is 25.3 Å². The molecule has 0 amide bonds. The highest BCUT2D eigenvalue weighted by molar-refractivity contribution is 5.69. The van der Waals surface area contributed by atoms with E-state index in [2.05, 4.69) is 4.98 Å². The topological polar surface area (TPSA) is 63.0 Å². The number of carbonyl (C=O) groups excluding carboxylic acids is 1. The van der Waals surface area contributed by atoms with E-state index < -0.39 is 0 Å². The summed E-state index contributed by atoms with van der Waals surface area (Å²) in [6.07, 6.45) is 2.55. The Bertz CT molecular complexity index is 365. The molecule has 0 unspecified atom stereocenters. The van der Waals surface area contributed by atoms with Crippen molar-refractivity contribution in [2.75, 3.05) is 6.61 Å². The smallest absolute Gasteiger partial charge is 0.306 e. The fourth-order valence-corrected chi connectivity index (χ4v) is 1.12. The molecule has 1 heterocycles. The lowest BCUT2D eigenvalue weighted by molar-refractivity contribution is -0.143. The highest BCUT2D eigenvalue weighted by Crippen LogP contribution is 2.03. The largest absolute Gasteiger partial charge is 0.466 e. The lowest BCUT2D eigenvalue weighted by atomic mass is 10.1. The summed E-state index contributed by atoms with van der Waals surface area (Å²) in [6, 6.07) is 5.37. The second-order valence-corrected chi connectivity index (χ2v) is 2.97. The van der Waals surface area contributed by atoms with Gasteiger partial charge in [0.2, 0.25) is 0 Å². The van der Waals surface area contributed by atoms with Gasteiger partial charge in [0, 0.05) is 12.6 Å². The molecule has 4 heteroatoms. The number of esters is 1. The van der Waals surface area contributed by atoms with Crippen molar-refractivity contribution in [3.63, 3.8) is 0 Å². The Labute approximate surface area is 88.5 Å². The summed E-state index contributed by atoms with van der Waals surface area (Å²) in [7, 11) is 0. The number of nitriles is 1. The maximum absolute atomic E-state index is 11.0. The zero-order chi connectivity index (χ0) is 11.1. The van der Waals surface area contributed by atoms with Crippen LogP contribution < -0.4 is 0 Å². The molecule has 15 heavy (non-hydrogen) atoms. The fourth-order valence-electron chi connectivity index (χ4n) is 1.12. The number of carbonyl (C=O) groups is 1. The van der Waals surface area contributed by atoms with E-state index in [1.165, 1.54) is 0 Å². The Morgan fingerprint density at radius 1 is 1.60 bits per heavy atom. The molecule has 1 aromatic rings. The van der Waals surface area contributed by atoms with Crippen molar-refractivity contribution in [3.05, 3.63) is 29.6 Å². The molecule has 0 aromatic carbocycles. The number of ether oxygens (including phenoxy) is 1. The molecule has 0 bridgehead atoms. The van der Waals surface area contributed by atoms with E-state index in [0.29, 0.717) is 25.1 Å². The van der Waals surface area contributed by atoms with Crippen LogP contribution in [-0.4, -0.2) is 17.6 Å². The Morgan fingerprint density at radius 3 is 2.93 bits per heavy atom. The minimum atomic E-state index is -0.207. The van der Waals surface area contributed by atoms with Crippen LogP contribution in [0.25, 0.3) is 0 Å². The lowest BCUT2D eigenvalue weighted by Crippen LogP contribution is -2.05. The number of aryl methyl sites for hydroxylation is 1. The zero-order valence-corrected chi connectivity index (χ0v) is 8.56. The Kier molecular flexibility index (Phi) is 4.30. The minimum absolute atomic E-state index is 0.207. The van der Waals surface area contributed by atoms with Crippen molar-refractivity contribution >= 4 is 5.97 Å². The van der Waals surface area contributed by atoms with Gasteiger partial charge in [-0.2, -0.15) is 5.26 Å². The van der Waals surface area contributed by atoms with Crippen LogP contribution in [0.3, 0.4) is 0 Å². The van der Waals surface area contributed by atoms with Gasteiger partial charge in [-0.3, -0.25) is 4.79 Å². The van der Waals surface area contributed by atoms with Crippen LogP contribution in [0.2, 0.25) is 0 Å². The normalized spacial score (nSPS) is 9.33. The first-order valence-electron chi connectivity index (χ1n) is 4.77. The van der Waals surface area contributed by atoms with Crippen LogP contribution in [0, 0.1) is 11.3 Å². The van der Waals surface area contributed by atoms with Crippen LogP contribution in [0.1, 0.15) is 24.6 Å². The third kappa shape index (κ3) is 3.77. The van der Waals surface area contributed by atoms with Crippen molar-refractivity contribution in [2.45, 2.75) is 19.8 Å². The monoisotopic (exact) mass is 204 g/mol. The average molecular weight is 204 g/mol. The first-order chi connectivity index (χ1) is 7.26. The molecule has 0 aliphatic heterocycles. The number of rotatable bonds is 4. The number of hydrogen-bond donors (Lipinski definition) is 0. The van der Waals surface area contributed by atoms with Crippen LogP contribution in [0.5, 0.6) is 0 Å². The summed E-state index contributed by atoms with van der Waals surface area (Å²) >= 11 is 0. The molecule has 0 aliphatic carbocycles. The quantitative estimate of drug-likeness (QED) is 0.696. The van der Waals surface area contributed by atoms with Crippen LogP contribution in [-0.2, 0) is 16.0 Å². The van der Waals surface area contributed by atoms with Crippen molar-refractivity contribution in [2.24, 2.45) is 0 Å². The predicted molar refractivity (Wildman–Crippen MR) is 53.9 cm³/mol. The molecule has 0 atom stereocenters. The molecule has 0 saturated carbocycles. The highest BCUT2D eigenvalue weighted by Gasteiger charge is 2.02. The van der Waals surface area contributed by atoms with Gasteiger partial charge in [0.1, 0.15) is 11.8 Å². The van der Waals surface area contributed by atoms with Crippen LogP contribution in [0.4, 0.5) is 0 Å². The summed E-state index contributed by atoms with van der Waals surface area (Å²) < 4.78 is 4.80. The van der Waals surface area contributed by atoms with E-state index >= 15 is 0 Å². The van der Waals surface area contributed by atoms with Crippen LogP contribution in [0.15, 0.2) is 18.3 Å². The van der Waals surface area contributed by atoms with Gasteiger partial charge in [-0.05, 0) is 25.0 Å². The molecule has 1 rings (SSSR count). The SMILES string of the molecule is CCOC(=O)CCc1ccc(C#N)nc1. The standard InChI is InChI=1S/C11H12N2O2/c1-2-15-11(14)6-4-9-3-5-10(7-12)13-8-9/h3,5,8H,2,4,6H2,1H3. The second kappa shape index (κ2) is 5.76. The first-order valence-corrected chi connectivity index (χ1v) is 4.77. The summed E-state index contributed by atoms with van der Waals surface area (Å²) in [5, 5.41) is 8.53. The second-order valence-electron chi connectivity index (χ2n) is 2.97. The molecule has 4 nitrogen and oxygen atoms in total. The fraction of sp³-hybridized carbons (Fsp3) is 0.364. The van der Waals surface area contributed by atoms with Gasteiger partial charge in [0.05, 0.1) is 6.61 Å². The molecular formula is C11H12N2O2. The predicted octanol–water partition coefficient (Wildman–Crippen LogP) is 1.45. The van der Waals surface area contributed by atoms with E-state index in [9.17, 15) is 4.79 Å². The van der Waals surface area contributed by atoms with Gasteiger partial charge < -0.3 is 4.74 Å². The van der Waals surface area contributed by atoms with Gasteiger partial charge in [-0.25, -0.2) is 4.98 Å². The Balaban J connectivity index is 2.45. The van der Waals surface area contributed by atoms with E-state index in [-0.39, 0.29) is 5.97 Å². The number of pyridine rings is 1. The van der Waals surface area contributed by atoms with Crippen molar-refractivity contribution in [1.29, 1.82) is 5.26 Å². The molecule has 0 fully saturated rings. The van der Waals surface area contributed by atoms with Gasteiger partial charge in [0.15, 0.2) is 0 Å². The minimum Gasteiger partial charge on any atom is -0.466 e. The van der Waals surface area contributed by atoms with Gasteiger partial charge in [0.25, 0.3) is 0 Å². The molecule has 0 spiro atoms. The Hall–Kier alpha value is -1.89. The summed E-state index contributed by atoms with van der Waals surface area (Å²) in [4.78, 5) is 15.0. The van der Waals surface area contributed by atoms with Crippen molar-refractivity contribution < 1.29 is 9.53 Å². The first kappa shape index (κ1) is 11.2. The van der Waals surface area contributed by atoms with E-state index in [1.807, 2.05) is 6.07 Å². The number of nitrogens with zero attached hydrogens (tertiary/aromatic N) is 2. The zero-order valence-electron chi connectivity index (χ0n) is 8.56. The van der Waals surface area contributed by atoms with Gasteiger partial charge >= 0.3 is 5.97 Å². The van der Waals surface area contributed by atoms with Crippen LogP contribution >= 0.6 is 0 Å². The van der Waals surface area contributed by atoms with Crippen molar-refractivity contribution in [3.8, 4) is 6.07 Å².